The van der Waals surface area contributed by atoms with Gasteiger partial charge in [-0.05, 0) is 64.7 Å². The molecule has 0 spiro atoms. The summed E-state index contributed by atoms with van der Waals surface area (Å²) in [5.74, 6) is 0.640. The fourth-order valence-electron chi connectivity index (χ4n) is 2.00. The van der Waals surface area contributed by atoms with Crippen molar-refractivity contribution in [2.75, 3.05) is 11.9 Å². The van der Waals surface area contributed by atoms with Crippen LogP contribution in [0.4, 0.5) is 10.1 Å². The lowest BCUT2D eigenvalue weighted by Gasteiger charge is -2.12. The van der Waals surface area contributed by atoms with Gasteiger partial charge in [0.2, 0.25) is 0 Å². The summed E-state index contributed by atoms with van der Waals surface area (Å²) in [4.78, 5) is 0. The van der Waals surface area contributed by atoms with Gasteiger partial charge in [-0.15, -0.1) is 0 Å². The largest absolute Gasteiger partial charge is 0.494 e. The number of anilines is 1. The highest BCUT2D eigenvalue weighted by Crippen LogP contribution is 2.25. The zero-order valence-electron chi connectivity index (χ0n) is 12.2. The molecule has 2 nitrogen and oxygen atoms in total. The molecule has 0 heterocycles. The number of rotatable bonds is 6. The summed E-state index contributed by atoms with van der Waals surface area (Å²) in [5.41, 5.74) is 2.93. The summed E-state index contributed by atoms with van der Waals surface area (Å²) in [6.45, 7) is 5.36. The van der Waals surface area contributed by atoms with Crippen LogP contribution in [0.1, 0.15) is 24.5 Å². The van der Waals surface area contributed by atoms with Gasteiger partial charge >= 0.3 is 0 Å². The van der Waals surface area contributed by atoms with Gasteiger partial charge in [-0.3, -0.25) is 0 Å². The minimum atomic E-state index is -0.243. The van der Waals surface area contributed by atoms with E-state index >= 15 is 0 Å². The SMILES string of the molecule is CCCOc1cccc(CNc2cc(Br)c(F)cc2C)c1. The van der Waals surface area contributed by atoms with Gasteiger partial charge in [-0.1, -0.05) is 19.1 Å². The summed E-state index contributed by atoms with van der Waals surface area (Å²) in [6, 6.07) is 11.3. The first-order valence-electron chi connectivity index (χ1n) is 7.01. The van der Waals surface area contributed by atoms with Crippen LogP contribution in [0.3, 0.4) is 0 Å². The van der Waals surface area contributed by atoms with Crippen LogP contribution in [0, 0.1) is 12.7 Å². The molecule has 21 heavy (non-hydrogen) atoms. The topological polar surface area (TPSA) is 21.3 Å². The van der Waals surface area contributed by atoms with Crippen molar-refractivity contribution in [2.24, 2.45) is 0 Å². The Morgan fingerprint density at radius 2 is 2.05 bits per heavy atom. The molecular formula is C17H19BrFNO. The molecule has 2 aromatic carbocycles. The molecule has 1 N–H and O–H groups in total. The maximum atomic E-state index is 13.4. The normalized spacial score (nSPS) is 10.5. The first-order valence-corrected chi connectivity index (χ1v) is 7.80. The van der Waals surface area contributed by atoms with Crippen molar-refractivity contribution in [1.29, 1.82) is 0 Å². The molecule has 4 heteroatoms. The number of ether oxygens (including phenoxy) is 1. The molecule has 0 bridgehead atoms. The van der Waals surface area contributed by atoms with Crippen LogP contribution in [0.5, 0.6) is 5.75 Å². The van der Waals surface area contributed by atoms with Gasteiger partial charge in [0, 0.05) is 12.2 Å². The first kappa shape index (κ1) is 15.8. The van der Waals surface area contributed by atoms with Gasteiger partial charge in [0.05, 0.1) is 11.1 Å². The number of aryl methyl sites for hydroxylation is 1. The summed E-state index contributed by atoms with van der Waals surface area (Å²) in [5, 5.41) is 3.33. The van der Waals surface area contributed by atoms with E-state index in [0.29, 0.717) is 11.0 Å². The Bertz CT molecular complexity index is 616. The lowest BCUT2D eigenvalue weighted by atomic mass is 10.1. The Kier molecular flexibility index (Phi) is 5.62. The molecule has 0 unspecified atom stereocenters. The highest BCUT2D eigenvalue weighted by molar-refractivity contribution is 9.10. The molecule has 0 amide bonds. The third-order valence-electron chi connectivity index (χ3n) is 3.12. The van der Waals surface area contributed by atoms with Crippen molar-refractivity contribution in [2.45, 2.75) is 26.8 Å². The fourth-order valence-corrected chi connectivity index (χ4v) is 2.34. The predicted octanol–water partition coefficient (Wildman–Crippen LogP) is 5.30. The number of halogens is 2. The van der Waals surface area contributed by atoms with Crippen molar-refractivity contribution in [1.82, 2.24) is 0 Å². The molecule has 0 aromatic heterocycles. The number of hydrogen-bond donors (Lipinski definition) is 1. The molecule has 0 atom stereocenters. The molecule has 0 saturated heterocycles. The maximum absolute atomic E-state index is 13.4. The van der Waals surface area contributed by atoms with Crippen LogP contribution < -0.4 is 10.1 Å². The standard InChI is InChI=1S/C17H19BrFNO/c1-3-7-21-14-6-4-5-13(9-14)11-20-17-10-15(18)16(19)8-12(17)2/h4-6,8-10,20H,3,7,11H2,1-2H3. The van der Waals surface area contributed by atoms with E-state index in [1.54, 1.807) is 6.07 Å². The minimum absolute atomic E-state index is 0.243. The highest BCUT2D eigenvalue weighted by Gasteiger charge is 2.05. The van der Waals surface area contributed by atoms with Crippen LogP contribution in [0.25, 0.3) is 0 Å². The lowest BCUT2D eigenvalue weighted by molar-refractivity contribution is 0.317. The first-order chi connectivity index (χ1) is 10.1. The Labute approximate surface area is 133 Å². The quantitative estimate of drug-likeness (QED) is 0.762. The summed E-state index contributed by atoms with van der Waals surface area (Å²) >= 11 is 3.21. The molecule has 0 aliphatic carbocycles. The number of benzene rings is 2. The van der Waals surface area contributed by atoms with Crippen molar-refractivity contribution >= 4 is 21.6 Å². The second-order valence-corrected chi connectivity index (χ2v) is 5.78. The predicted molar refractivity (Wildman–Crippen MR) is 88.4 cm³/mol. The van der Waals surface area contributed by atoms with Crippen molar-refractivity contribution in [3.63, 3.8) is 0 Å². The van der Waals surface area contributed by atoms with Crippen LogP contribution in [-0.4, -0.2) is 6.61 Å². The Morgan fingerprint density at radius 1 is 1.24 bits per heavy atom. The van der Waals surface area contributed by atoms with Crippen molar-refractivity contribution < 1.29 is 9.13 Å². The van der Waals surface area contributed by atoms with Crippen molar-refractivity contribution in [3.8, 4) is 5.75 Å². The summed E-state index contributed by atoms with van der Waals surface area (Å²) < 4.78 is 19.5. The van der Waals surface area contributed by atoms with Gasteiger partial charge in [0.1, 0.15) is 11.6 Å². The van der Waals surface area contributed by atoms with Gasteiger partial charge in [-0.25, -0.2) is 4.39 Å². The average Bonchev–Trinajstić information content (AvgIpc) is 2.48. The Balaban J connectivity index is 2.04. The van der Waals surface area contributed by atoms with Crippen LogP contribution in [0.15, 0.2) is 40.9 Å². The van der Waals surface area contributed by atoms with Gasteiger partial charge in [-0.2, -0.15) is 0 Å². The molecule has 0 radical (unpaired) electrons. The van der Waals surface area contributed by atoms with E-state index in [0.717, 1.165) is 35.6 Å². The molecule has 2 aromatic rings. The summed E-state index contributed by atoms with van der Waals surface area (Å²) in [6.07, 6.45) is 0.991. The summed E-state index contributed by atoms with van der Waals surface area (Å²) in [7, 11) is 0. The van der Waals surface area contributed by atoms with Crippen LogP contribution in [-0.2, 0) is 6.54 Å². The third-order valence-corrected chi connectivity index (χ3v) is 3.73. The van der Waals surface area contributed by atoms with E-state index in [1.165, 1.54) is 6.07 Å². The maximum Gasteiger partial charge on any atom is 0.137 e. The number of hydrogen-bond acceptors (Lipinski definition) is 2. The lowest BCUT2D eigenvalue weighted by Crippen LogP contribution is -2.02. The molecule has 0 saturated carbocycles. The molecule has 0 aliphatic heterocycles. The van der Waals surface area contributed by atoms with E-state index in [9.17, 15) is 4.39 Å². The van der Waals surface area contributed by atoms with Crippen molar-refractivity contribution in [3.05, 3.63) is 57.8 Å². The van der Waals surface area contributed by atoms with Gasteiger partial charge in [0.15, 0.2) is 0 Å². The third kappa shape index (κ3) is 4.46. The zero-order valence-corrected chi connectivity index (χ0v) is 13.8. The Hall–Kier alpha value is -1.55. The highest BCUT2D eigenvalue weighted by atomic mass is 79.9. The van der Waals surface area contributed by atoms with Crippen LogP contribution >= 0.6 is 15.9 Å². The van der Waals surface area contributed by atoms with E-state index in [4.69, 9.17) is 4.74 Å². The van der Waals surface area contributed by atoms with E-state index in [1.807, 2.05) is 31.2 Å². The smallest absolute Gasteiger partial charge is 0.137 e. The molecule has 0 aliphatic rings. The molecule has 0 fully saturated rings. The molecular weight excluding hydrogens is 333 g/mol. The van der Waals surface area contributed by atoms with E-state index in [-0.39, 0.29) is 5.82 Å². The van der Waals surface area contributed by atoms with Gasteiger partial charge in [0.25, 0.3) is 0 Å². The van der Waals surface area contributed by atoms with E-state index in [2.05, 4.69) is 28.2 Å². The minimum Gasteiger partial charge on any atom is -0.494 e. The monoisotopic (exact) mass is 351 g/mol. The second kappa shape index (κ2) is 7.46. The fraction of sp³-hybridized carbons (Fsp3) is 0.294. The van der Waals surface area contributed by atoms with E-state index < -0.39 is 0 Å². The zero-order chi connectivity index (χ0) is 15.2. The number of nitrogens with one attached hydrogen (secondary N) is 1. The molecule has 112 valence electrons. The second-order valence-electron chi connectivity index (χ2n) is 4.93. The average molecular weight is 352 g/mol. The molecule has 2 rings (SSSR count). The van der Waals surface area contributed by atoms with Gasteiger partial charge < -0.3 is 10.1 Å². The van der Waals surface area contributed by atoms with Crippen LogP contribution in [0.2, 0.25) is 0 Å². The Morgan fingerprint density at radius 3 is 2.81 bits per heavy atom.